The molecular weight excluding hydrogens is 443 g/mol. The molecule has 2 aromatic heterocycles. The summed E-state index contributed by atoms with van der Waals surface area (Å²) in [7, 11) is 0. The van der Waals surface area contributed by atoms with Gasteiger partial charge >= 0.3 is 24.1 Å². The lowest BCUT2D eigenvalue weighted by Crippen LogP contribution is -2.41. The van der Waals surface area contributed by atoms with Gasteiger partial charge in [0.1, 0.15) is 19.0 Å². The highest BCUT2D eigenvalue weighted by Gasteiger charge is 2.53. The molecule has 2 N–H and O–H groups in total. The summed E-state index contributed by atoms with van der Waals surface area (Å²) >= 11 is 0. The van der Waals surface area contributed by atoms with Gasteiger partial charge in [0.25, 0.3) is 0 Å². The van der Waals surface area contributed by atoms with Crippen LogP contribution in [-0.4, -0.2) is 62.3 Å². The third-order valence-corrected chi connectivity index (χ3v) is 4.35. The Morgan fingerprint density at radius 3 is 2.28 bits per heavy atom. The van der Waals surface area contributed by atoms with Gasteiger partial charge in [-0.1, -0.05) is 0 Å². The highest BCUT2D eigenvalue weighted by molar-refractivity contribution is 5.82. The fourth-order valence-corrected chi connectivity index (χ4v) is 3.27. The molecule has 3 heterocycles. The fraction of sp³-hybridized carbons (Fsp3) is 0.529. The summed E-state index contributed by atoms with van der Waals surface area (Å²) in [4.78, 5) is 45.5. The maximum absolute atomic E-state index is 13.8. The van der Waals surface area contributed by atoms with Crippen LogP contribution in [0.5, 0.6) is 0 Å². The van der Waals surface area contributed by atoms with Crippen LogP contribution in [0.1, 0.15) is 32.8 Å². The summed E-state index contributed by atoms with van der Waals surface area (Å²) in [5.74, 6) is -4.22. The number of nitrogen functional groups attached to an aromatic ring is 1. The quantitative estimate of drug-likeness (QED) is 0.495. The second kappa shape index (κ2) is 8.57. The lowest BCUT2D eigenvalue weighted by molar-refractivity contribution is -0.168. The van der Waals surface area contributed by atoms with Crippen LogP contribution in [0.15, 0.2) is 6.33 Å². The van der Waals surface area contributed by atoms with E-state index in [0.717, 1.165) is 27.1 Å². The standard InChI is InChI=1S/C17H18F3N5O7/c1-6(26)29-4-9-11(30-7(2)27)12(31-8(3)28)15(32-9)25-14-10(13(21)22-5-23-14)24-16(25)17(18,19)20/h5,9,11-12,15H,4H2,1-3H3,(H2,21,22,23)/t9-,11-,12-,15-/m1/s1. The number of aromatic nitrogens is 4. The lowest BCUT2D eigenvalue weighted by Gasteiger charge is -2.24. The van der Waals surface area contributed by atoms with E-state index < -0.39 is 61.1 Å². The van der Waals surface area contributed by atoms with Crippen LogP contribution in [0.4, 0.5) is 19.0 Å². The van der Waals surface area contributed by atoms with Crippen molar-refractivity contribution in [2.24, 2.45) is 0 Å². The van der Waals surface area contributed by atoms with Crippen molar-refractivity contribution in [2.45, 2.75) is 51.5 Å². The molecule has 32 heavy (non-hydrogen) atoms. The van der Waals surface area contributed by atoms with Gasteiger partial charge in [-0.3, -0.25) is 19.0 Å². The van der Waals surface area contributed by atoms with Gasteiger partial charge in [0, 0.05) is 20.8 Å². The van der Waals surface area contributed by atoms with Gasteiger partial charge in [-0.05, 0) is 0 Å². The first-order valence-electron chi connectivity index (χ1n) is 9.09. The SMILES string of the molecule is CC(=O)OC[C@H]1O[C@@H](n2c(C(F)(F)F)nc3c(N)ncnc32)[C@H](OC(C)=O)[C@@H]1OC(C)=O. The van der Waals surface area contributed by atoms with Gasteiger partial charge in [0.05, 0.1) is 0 Å². The average molecular weight is 461 g/mol. The predicted octanol–water partition coefficient (Wildman–Crippen LogP) is 0.751. The monoisotopic (exact) mass is 461 g/mol. The first-order valence-corrected chi connectivity index (χ1v) is 9.09. The summed E-state index contributed by atoms with van der Waals surface area (Å²) in [6.45, 7) is 2.66. The summed E-state index contributed by atoms with van der Waals surface area (Å²) in [5.41, 5.74) is 4.93. The molecule has 0 amide bonds. The summed E-state index contributed by atoms with van der Waals surface area (Å²) < 4.78 is 62.9. The maximum Gasteiger partial charge on any atom is 0.449 e. The van der Waals surface area contributed by atoms with Crippen molar-refractivity contribution in [3.63, 3.8) is 0 Å². The van der Waals surface area contributed by atoms with E-state index >= 15 is 0 Å². The molecule has 12 nitrogen and oxygen atoms in total. The molecule has 174 valence electrons. The van der Waals surface area contributed by atoms with Gasteiger partial charge in [0.15, 0.2) is 35.4 Å². The van der Waals surface area contributed by atoms with Crippen molar-refractivity contribution < 1.29 is 46.5 Å². The third-order valence-electron chi connectivity index (χ3n) is 4.35. The van der Waals surface area contributed by atoms with E-state index in [0.29, 0.717) is 4.57 Å². The van der Waals surface area contributed by atoms with Crippen LogP contribution in [0.2, 0.25) is 0 Å². The number of carbonyl (C=O) groups is 3. The number of imidazole rings is 1. The Bertz CT molecular complexity index is 1060. The third kappa shape index (κ3) is 4.56. The molecule has 0 saturated carbocycles. The molecule has 15 heteroatoms. The molecule has 1 saturated heterocycles. The normalized spacial score (nSPS) is 23.2. The van der Waals surface area contributed by atoms with E-state index in [9.17, 15) is 27.6 Å². The molecule has 1 fully saturated rings. The number of nitrogens with two attached hydrogens (primary N) is 1. The number of hydrogen-bond acceptors (Lipinski definition) is 11. The molecule has 0 aromatic carbocycles. The molecule has 0 spiro atoms. The number of fused-ring (bicyclic) bond motifs is 1. The van der Waals surface area contributed by atoms with Crippen molar-refractivity contribution >= 4 is 34.9 Å². The minimum absolute atomic E-state index is 0.325. The van der Waals surface area contributed by atoms with Gasteiger partial charge in [-0.2, -0.15) is 13.2 Å². The van der Waals surface area contributed by atoms with Crippen molar-refractivity contribution in [2.75, 3.05) is 12.3 Å². The van der Waals surface area contributed by atoms with Gasteiger partial charge < -0.3 is 24.7 Å². The second-order valence-corrected chi connectivity index (χ2v) is 6.75. The van der Waals surface area contributed by atoms with Crippen LogP contribution >= 0.6 is 0 Å². The first kappa shape index (κ1) is 23.2. The molecule has 3 rings (SSSR count). The zero-order chi connectivity index (χ0) is 23.8. The van der Waals surface area contributed by atoms with E-state index in [1.165, 1.54) is 0 Å². The maximum atomic E-state index is 13.8. The van der Waals surface area contributed by atoms with Crippen LogP contribution in [0.3, 0.4) is 0 Å². The van der Waals surface area contributed by atoms with E-state index in [-0.39, 0.29) is 17.0 Å². The van der Waals surface area contributed by atoms with E-state index in [1.807, 2.05) is 0 Å². The van der Waals surface area contributed by atoms with Gasteiger partial charge in [0.2, 0.25) is 5.82 Å². The summed E-state index contributed by atoms with van der Waals surface area (Å²) in [6.07, 6.45) is -10.0. The smallest absolute Gasteiger partial charge is 0.449 e. The molecule has 0 aliphatic carbocycles. The molecule has 1 aliphatic heterocycles. The molecular formula is C17H18F3N5O7. The number of carbonyl (C=O) groups excluding carboxylic acids is 3. The van der Waals surface area contributed by atoms with Crippen LogP contribution in [0.25, 0.3) is 11.2 Å². The van der Waals surface area contributed by atoms with Crippen LogP contribution in [0, 0.1) is 0 Å². The van der Waals surface area contributed by atoms with Crippen molar-refractivity contribution in [1.29, 1.82) is 0 Å². The lowest BCUT2D eigenvalue weighted by atomic mass is 10.1. The van der Waals surface area contributed by atoms with Crippen molar-refractivity contribution in [3.8, 4) is 0 Å². The first-order chi connectivity index (χ1) is 14.9. The number of ether oxygens (including phenoxy) is 4. The molecule has 1 aliphatic rings. The van der Waals surface area contributed by atoms with E-state index in [1.54, 1.807) is 0 Å². The largest absolute Gasteiger partial charge is 0.463 e. The van der Waals surface area contributed by atoms with Crippen molar-refractivity contribution in [1.82, 2.24) is 19.5 Å². The predicted molar refractivity (Wildman–Crippen MR) is 96.4 cm³/mol. The van der Waals surface area contributed by atoms with Gasteiger partial charge in [-0.15, -0.1) is 0 Å². The number of nitrogens with zero attached hydrogens (tertiary/aromatic N) is 4. The zero-order valence-electron chi connectivity index (χ0n) is 17.0. The van der Waals surface area contributed by atoms with Crippen LogP contribution < -0.4 is 5.73 Å². The highest BCUT2D eigenvalue weighted by Crippen LogP contribution is 2.41. The molecule has 0 radical (unpaired) electrons. The number of hydrogen-bond donors (Lipinski definition) is 1. The Morgan fingerprint density at radius 2 is 1.72 bits per heavy atom. The minimum atomic E-state index is -5.00. The number of anilines is 1. The Kier molecular flexibility index (Phi) is 6.20. The van der Waals surface area contributed by atoms with E-state index in [4.69, 9.17) is 24.7 Å². The second-order valence-electron chi connectivity index (χ2n) is 6.75. The fourth-order valence-electron chi connectivity index (χ4n) is 3.27. The molecule has 2 aromatic rings. The topological polar surface area (TPSA) is 158 Å². The molecule has 4 atom stereocenters. The number of rotatable bonds is 5. The van der Waals surface area contributed by atoms with Gasteiger partial charge in [-0.25, -0.2) is 15.0 Å². The molecule has 0 unspecified atom stereocenters. The average Bonchev–Trinajstić information content (AvgIpc) is 3.19. The summed E-state index contributed by atoms with van der Waals surface area (Å²) in [6, 6.07) is 0. The Morgan fingerprint density at radius 1 is 1.09 bits per heavy atom. The van der Waals surface area contributed by atoms with Crippen molar-refractivity contribution in [3.05, 3.63) is 12.2 Å². The Hall–Kier alpha value is -3.49. The number of alkyl halides is 3. The Labute approximate surface area is 177 Å². The van der Waals surface area contributed by atoms with E-state index in [2.05, 4.69) is 15.0 Å². The number of halogens is 3. The Balaban J connectivity index is 2.18. The highest BCUT2D eigenvalue weighted by atomic mass is 19.4. The minimum Gasteiger partial charge on any atom is -0.463 e. The zero-order valence-corrected chi connectivity index (χ0v) is 17.0. The van der Waals surface area contributed by atoms with Crippen LogP contribution in [-0.2, 0) is 39.5 Å². The molecule has 0 bridgehead atoms. The number of esters is 3. The summed E-state index contributed by atoms with van der Waals surface area (Å²) in [5, 5.41) is 0.